The van der Waals surface area contributed by atoms with Gasteiger partial charge in [-0.2, -0.15) is 0 Å². The number of aryl methyl sites for hydroxylation is 1. The average Bonchev–Trinajstić information content (AvgIpc) is 2.68. The first kappa shape index (κ1) is 25.0. The number of halogens is 1. The van der Waals surface area contributed by atoms with Crippen molar-refractivity contribution in [2.45, 2.75) is 46.2 Å². The third kappa shape index (κ3) is 6.61. The minimum atomic E-state index is -3.74. The van der Waals surface area contributed by atoms with Crippen molar-refractivity contribution < 1.29 is 17.9 Å². The number of nitrogens with zero attached hydrogens (tertiary/aromatic N) is 1. The molecule has 0 fully saturated rings. The maximum absolute atomic E-state index is 13.2. The van der Waals surface area contributed by atoms with Crippen LogP contribution in [0.5, 0.6) is 5.75 Å². The highest BCUT2D eigenvalue weighted by molar-refractivity contribution is 7.92. The predicted molar refractivity (Wildman–Crippen MR) is 126 cm³/mol. The molecule has 2 aromatic carbocycles. The standard InChI is InChI=1S/C23H31ClN2O4S/c1-15(2)13-21(18-8-11-20(30-5)12-9-18)25-23(27)17(4)26(31(6,28)29)22-14-19(24)10-7-16(22)3/h7-12,14-15,17,21H,13H2,1-6H3,(H,25,27)/t17-,21-/m1/s1. The molecule has 6 nitrogen and oxygen atoms in total. The lowest BCUT2D eigenvalue weighted by molar-refractivity contribution is -0.122. The number of hydrogen-bond donors (Lipinski definition) is 1. The van der Waals surface area contributed by atoms with Crippen LogP contribution in [0.4, 0.5) is 5.69 Å². The van der Waals surface area contributed by atoms with Gasteiger partial charge in [0.15, 0.2) is 0 Å². The van der Waals surface area contributed by atoms with Gasteiger partial charge in [-0.15, -0.1) is 0 Å². The lowest BCUT2D eigenvalue weighted by Gasteiger charge is -2.31. The monoisotopic (exact) mass is 466 g/mol. The van der Waals surface area contributed by atoms with Gasteiger partial charge in [-0.05, 0) is 61.6 Å². The zero-order chi connectivity index (χ0) is 23.3. The van der Waals surface area contributed by atoms with Crippen molar-refractivity contribution in [3.8, 4) is 5.75 Å². The summed E-state index contributed by atoms with van der Waals surface area (Å²) < 4.78 is 31.6. The van der Waals surface area contributed by atoms with Gasteiger partial charge in [0.1, 0.15) is 11.8 Å². The van der Waals surface area contributed by atoms with E-state index in [9.17, 15) is 13.2 Å². The Morgan fingerprint density at radius 2 is 1.74 bits per heavy atom. The molecule has 0 bridgehead atoms. The van der Waals surface area contributed by atoms with Crippen molar-refractivity contribution in [1.29, 1.82) is 0 Å². The quantitative estimate of drug-likeness (QED) is 0.580. The average molecular weight is 467 g/mol. The number of hydrogen-bond acceptors (Lipinski definition) is 4. The summed E-state index contributed by atoms with van der Waals surface area (Å²) in [5.41, 5.74) is 2.03. The Balaban J connectivity index is 2.36. The molecule has 0 aliphatic carbocycles. The van der Waals surface area contributed by atoms with Crippen LogP contribution in [0.15, 0.2) is 42.5 Å². The molecule has 0 aliphatic rings. The van der Waals surface area contributed by atoms with Gasteiger partial charge >= 0.3 is 0 Å². The van der Waals surface area contributed by atoms with E-state index in [0.29, 0.717) is 28.6 Å². The first-order valence-electron chi connectivity index (χ1n) is 10.1. The summed E-state index contributed by atoms with van der Waals surface area (Å²) in [6.07, 6.45) is 1.80. The fraction of sp³-hybridized carbons (Fsp3) is 0.435. The van der Waals surface area contributed by atoms with E-state index in [2.05, 4.69) is 19.2 Å². The Labute approximate surface area is 190 Å². The zero-order valence-corrected chi connectivity index (χ0v) is 20.4. The van der Waals surface area contributed by atoms with Gasteiger partial charge in [-0.25, -0.2) is 8.42 Å². The van der Waals surface area contributed by atoms with Crippen LogP contribution in [0.3, 0.4) is 0 Å². The molecule has 170 valence electrons. The molecule has 0 radical (unpaired) electrons. The maximum Gasteiger partial charge on any atom is 0.244 e. The van der Waals surface area contributed by atoms with Crippen molar-refractivity contribution in [3.05, 3.63) is 58.6 Å². The van der Waals surface area contributed by atoms with Crippen LogP contribution < -0.4 is 14.4 Å². The van der Waals surface area contributed by atoms with E-state index in [-0.39, 0.29) is 11.9 Å². The van der Waals surface area contributed by atoms with Gasteiger partial charge in [0.2, 0.25) is 15.9 Å². The Kier molecular flexibility index (Phi) is 8.37. The number of amides is 1. The van der Waals surface area contributed by atoms with E-state index in [1.165, 1.54) is 0 Å². The van der Waals surface area contributed by atoms with Crippen LogP contribution in [-0.4, -0.2) is 33.7 Å². The van der Waals surface area contributed by atoms with E-state index in [1.54, 1.807) is 39.2 Å². The highest BCUT2D eigenvalue weighted by atomic mass is 35.5. The lowest BCUT2D eigenvalue weighted by Crippen LogP contribution is -2.49. The minimum absolute atomic E-state index is 0.261. The molecule has 2 atom stereocenters. The number of anilines is 1. The second kappa shape index (κ2) is 10.4. The van der Waals surface area contributed by atoms with Gasteiger partial charge in [0, 0.05) is 5.02 Å². The summed E-state index contributed by atoms with van der Waals surface area (Å²) in [5.74, 6) is 0.668. The van der Waals surface area contributed by atoms with Crippen molar-refractivity contribution in [2.24, 2.45) is 5.92 Å². The zero-order valence-electron chi connectivity index (χ0n) is 18.8. The van der Waals surface area contributed by atoms with Crippen LogP contribution in [-0.2, 0) is 14.8 Å². The number of ether oxygens (including phenoxy) is 1. The van der Waals surface area contributed by atoms with Crippen molar-refractivity contribution in [1.82, 2.24) is 5.32 Å². The number of benzene rings is 2. The molecule has 0 saturated heterocycles. The fourth-order valence-electron chi connectivity index (χ4n) is 3.48. The molecule has 2 rings (SSSR count). The summed E-state index contributed by atoms with van der Waals surface area (Å²) >= 11 is 6.11. The number of nitrogens with one attached hydrogen (secondary N) is 1. The third-order valence-corrected chi connectivity index (χ3v) is 6.50. The summed E-state index contributed by atoms with van der Waals surface area (Å²) in [6, 6.07) is 11.3. The van der Waals surface area contributed by atoms with Crippen LogP contribution in [0.1, 0.15) is 44.4 Å². The summed E-state index contributed by atoms with van der Waals surface area (Å²) in [7, 11) is -2.14. The fourth-order valence-corrected chi connectivity index (χ4v) is 4.87. The molecule has 0 saturated carbocycles. The maximum atomic E-state index is 13.2. The molecule has 0 aliphatic heterocycles. The SMILES string of the molecule is COc1ccc([C@@H](CC(C)C)NC(=O)[C@@H](C)N(c2cc(Cl)ccc2C)S(C)(=O)=O)cc1. The number of carbonyl (C=O) groups is 1. The summed E-state index contributed by atoms with van der Waals surface area (Å²) in [6.45, 7) is 7.51. The summed E-state index contributed by atoms with van der Waals surface area (Å²) in [4.78, 5) is 13.2. The molecule has 8 heteroatoms. The smallest absolute Gasteiger partial charge is 0.244 e. The number of carbonyl (C=O) groups excluding carboxylic acids is 1. The number of sulfonamides is 1. The van der Waals surface area contributed by atoms with Crippen molar-refractivity contribution in [3.63, 3.8) is 0 Å². The van der Waals surface area contributed by atoms with Gasteiger partial charge in [-0.3, -0.25) is 9.10 Å². The van der Waals surface area contributed by atoms with Crippen LogP contribution in [0.25, 0.3) is 0 Å². The van der Waals surface area contributed by atoms with E-state index in [4.69, 9.17) is 16.3 Å². The molecular weight excluding hydrogens is 436 g/mol. The minimum Gasteiger partial charge on any atom is -0.497 e. The third-order valence-electron chi connectivity index (χ3n) is 5.04. The summed E-state index contributed by atoms with van der Waals surface area (Å²) in [5, 5.41) is 3.44. The molecule has 0 unspecified atom stereocenters. The molecule has 31 heavy (non-hydrogen) atoms. The van der Waals surface area contributed by atoms with E-state index in [0.717, 1.165) is 21.9 Å². The first-order chi connectivity index (χ1) is 14.4. The highest BCUT2D eigenvalue weighted by Gasteiger charge is 2.31. The van der Waals surface area contributed by atoms with Crippen molar-refractivity contribution >= 4 is 33.2 Å². The molecule has 0 heterocycles. The van der Waals surface area contributed by atoms with Crippen LogP contribution in [0.2, 0.25) is 5.02 Å². The lowest BCUT2D eigenvalue weighted by atomic mass is 9.96. The van der Waals surface area contributed by atoms with Gasteiger partial charge in [-0.1, -0.05) is 43.6 Å². The second-order valence-electron chi connectivity index (χ2n) is 8.13. The van der Waals surface area contributed by atoms with E-state index in [1.807, 2.05) is 24.3 Å². The topological polar surface area (TPSA) is 75.7 Å². The van der Waals surface area contributed by atoms with Gasteiger partial charge < -0.3 is 10.1 Å². The number of methoxy groups -OCH3 is 1. The highest BCUT2D eigenvalue weighted by Crippen LogP contribution is 2.29. The van der Waals surface area contributed by atoms with Crippen molar-refractivity contribution in [2.75, 3.05) is 17.7 Å². The largest absolute Gasteiger partial charge is 0.497 e. The van der Waals surface area contributed by atoms with Gasteiger partial charge in [0.05, 0.1) is 25.1 Å². The molecular formula is C23H31ClN2O4S. The normalized spacial score (nSPS) is 13.5. The van der Waals surface area contributed by atoms with Gasteiger partial charge in [0.25, 0.3) is 0 Å². The Morgan fingerprint density at radius 3 is 2.26 bits per heavy atom. The predicted octanol–water partition coefficient (Wildman–Crippen LogP) is 4.72. The molecule has 1 N–H and O–H groups in total. The Bertz CT molecular complexity index is 1010. The van der Waals surface area contributed by atoms with Crippen LogP contribution in [0, 0.1) is 12.8 Å². The Hall–Kier alpha value is -2.25. The molecule has 0 spiro atoms. The van der Waals surface area contributed by atoms with Crippen LogP contribution >= 0.6 is 11.6 Å². The molecule has 1 amide bonds. The second-order valence-corrected chi connectivity index (χ2v) is 10.4. The number of rotatable bonds is 9. The molecule has 0 aromatic heterocycles. The first-order valence-corrected chi connectivity index (χ1v) is 12.4. The Morgan fingerprint density at radius 1 is 1.13 bits per heavy atom. The van der Waals surface area contributed by atoms with E-state index >= 15 is 0 Å². The molecule has 2 aromatic rings. The van der Waals surface area contributed by atoms with E-state index < -0.39 is 16.1 Å².